The summed E-state index contributed by atoms with van der Waals surface area (Å²) in [7, 11) is 0. The van der Waals surface area contributed by atoms with Gasteiger partial charge in [-0.3, -0.25) is 4.79 Å². The van der Waals surface area contributed by atoms with E-state index in [0.29, 0.717) is 6.42 Å². The molecule has 2 atom stereocenters. The molecule has 0 bridgehead atoms. The molecule has 0 radical (unpaired) electrons. The fourth-order valence-electron chi connectivity index (χ4n) is 1.71. The lowest BCUT2D eigenvalue weighted by atomic mass is 9.80. The summed E-state index contributed by atoms with van der Waals surface area (Å²) in [4.78, 5) is 21.6. The van der Waals surface area contributed by atoms with Gasteiger partial charge in [-0.15, -0.1) is 5.11 Å². The van der Waals surface area contributed by atoms with Crippen molar-refractivity contribution in [1.82, 2.24) is 0 Å². The van der Waals surface area contributed by atoms with Gasteiger partial charge in [0.1, 0.15) is 6.29 Å². The maximum Gasteiger partial charge on any atom is 0.267 e. The maximum atomic E-state index is 11.0. The predicted molar refractivity (Wildman–Crippen MR) is 41.7 cm³/mol. The third kappa shape index (κ3) is 1.75. The summed E-state index contributed by atoms with van der Waals surface area (Å²) in [6, 6.07) is 0. The quantitative estimate of drug-likeness (QED) is 0.502. The molecular formula is C8H12N2O2. The molecule has 0 saturated heterocycles. The fourth-order valence-corrected chi connectivity index (χ4v) is 1.71. The van der Waals surface area contributed by atoms with Crippen molar-refractivity contribution in [2.45, 2.75) is 25.7 Å². The molecule has 0 aromatic carbocycles. The van der Waals surface area contributed by atoms with Crippen molar-refractivity contribution in [2.24, 2.45) is 17.0 Å². The van der Waals surface area contributed by atoms with E-state index in [-0.39, 0.29) is 11.8 Å². The molecule has 4 nitrogen and oxygen atoms in total. The van der Waals surface area contributed by atoms with Crippen LogP contribution in [0.1, 0.15) is 25.7 Å². The summed E-state index contributed by atoms with van der Waals surface area (Å²) < 4.78 is 0. The van der Waals surface area contributed by atoms with Gasteiger partial charge < -0.3 is 4.79 Å². The van der Waals surface area contributed by atoms with Gasteiger partial charge in [0.05, 0.1) is 5.92 Å². The monoisotopic (exact) mass is 168 g/mol. The number of nitrogens with zero attached hydrogens (tertiary/aromatic N) is 1. The number of hydrogen-bond donors (Lipinski definition) is 1. The Balaban J connectivity index is 2.64. The van der Waals surface area contributed by atoms with Crippen LogP contribution in [0.2, 0.25) is 0 Å². The van der Waals surface area contributed by atoms with Crippen LogP contribution in [-0.4, -0.2) is 12.2 Å². The van der Waals surface area contributed by atoms with Crippen molar-refractivity contribution in [3.05, 3.63) is 0 Å². The summed E-state index contributed by atoms with van der Waals surface area (Å²) in [6.07, 6.45) is 4.29. The molecule has 0 aromatic rings. The lowest BCUT2D eigenvalue weighted by Gasteiger charge is -2.23. The first-order valence-electron chi connectivity index (χ1n) is 4.16. The van der Waals surface area contributed by atoms with E-state index in [1.807, 2.05) is 0 Å². The highest BCUT2D eigenvalue weighted by molar-refractivity contribution is 5.82. The first-order chi connectivity index (χ1) is 5.79. The predicted octanol–water partition coefficient (Wildman–Crippen LogP) is 1.55. The van der Waals surface area contributed by atoms with Crippen LogP contribution in [0.4, 0.5) is 0 Å². The molecule has 4 heteroatoms. The van der Waals surface area contributed by atoms with Crippen LogP contribution in [0, 0.1) is 17.4 Å². The molecule has 1 aliphatic rings. The molecule has 1 N–H and O–H groups in total. The Labute approximate surface area is 70.8 Å². The van der Waals surface area contributed by atoms with Gasteiger partial charge >= 0.3 is 0 Å². The summed E-state index contributed by atoms with van der Waals surface area (Å²) in [5, 5.41) is 2.86. The summed E-state index contributed by atoms with van der Waals surface area (Å²) >= 11 is 0. The molecule has 1 rings (SSSR count). The van der Waals surface area contributed by atoms with Crippen LogP contribution >= 0.6 is 0 Å². The second kappa shape index (κ2) is 4.09. The lowest BCUT2D eigenvalue weighted by Crippen LogP contribution is -2.26. The van der Waals surface area contributed by atoms with Crippen molar-refractivity contribution < 1.29 is 9.59 Å². The standard InChI is InChI=1S/C8H12N2O2/c9-10-8(12)7-4-2-1-3-6(7)5-11/h5-7,9H,1-4H2/t6?,7-/m0/s1. The highest BCUT2D eigenvalue weighted by Gasteiger charge is 2.30. The first-order valence-corrected chi connectivity index (χ1v) is 4.16. The van der Waals surface area contributed by atoms with Gasteiger partial charge in [-0.1, -0.05) is 12.8 Å². The van der Waals surface area contributed by atoms with Gasteiger partial charge in [0.2, 0.25) is 0 Å². The molecule has 12 heavy (non-hydrogen) atoms. The molecule has 0 aromatic heterocycles. The van der Waals surface area contributed by atoms with E-state index < -0.39 is 5.91 Å². The molecule has 0 heterocycles. The Morgan fingerprint density at radius 2 is 2.08 bits per heavy atom. The molecule has 1 unspecified atom stereocenters. The number of hydrogen-bond acceptors (Lipinski definition) is 3. The zero-order chi connectivity index (χ0) is 8.97. The Morgan fingerprint density at radius 1 is 1.42 bits per heavy atom. The van der Waals surface area contributed by atoms with E-state index >= 15 is 0 Å². The normalized spacial score (nSPS) is 29.3. The van der Waals surface area contributed by atoms with Crippen molar-refractivity contribution >= 4 is 12.2 Å². The SMILES string of the molecule is N=NC(=O)[C@H]1CCCCC1C=O. The first kappa shape index (κ1) is 9.03. The molecule has 66 valence electrons. The second-order valence-corrected chi connectivity index (χ2v) is 3.14. The third-order valence-electron chi connectivity index (χ3n) is 2.42. The highest BCUT2D eigenvalue weighted by Crippen LogP contribution is 2.29. The van der Waals surface area contributed by atoms with E-state index in [4.69, 9.17) is 5.53 Å². The van der Waals surface area contributed by atoms with Crippen LogP contribution in [0.5, 0.6) is 0 Å². The number of carbonyl (C=O) groups excluding carboxylic acids is 2. The summed E-state index contributed by atoms with van der Waals surface area (Å²) in [5.41, 5.74) is 6.57. The van der Waals surface area contributed by atoms with Gasteiger partial charge in [0.15, 0.2) is 0 Å². The minimum Gasteiger partial charge on any atom is -0.303 e. The zero-order valence-electron chi connectivity index (χ0n) is 6.82. The molecule has 1 aliphatic carbocycles. The molecular weight excluding hydrogens is 156 g/mol. The summed E-state index contributed by atoms with van der Waals surface area (Å²) in [6.45, 7) is 0. The Morgan fingerprint density at radius 3 is 2.67 bits per heavy atom. The van der Waals surface area contributed by atoms with E-state index in [1.165, 1.54) is 0 Å². The minimum absolute atomic E-state index is 0.194. The average molecular weight is 168 g/mol. The molecule has 1 fully saturated rings. The molecule has 0 spiro atoms. The number of rotatable bonds is 2. The molecule has 0 aliphatic heterocycles. The van der Waals surface area contributed by atoms with E-state index in [0.717, 1.165) is 25.5 Å². The van der Waals surface area contributed by atoms with Crippen LogP contribution in [0.3, 0.4) is 0 Å². The Hall–Kier alpha value is -1.06. The van der Waals surface area contributed by atoms with Crippen LogP contribution in [-0.2, 0) is 9.59 Å². The van der Waals surface area contributed by atoms with Gasteiger partial charge in [-0.25, -0.2) is 5.53 Å². The van der Waals surface area contributed by atoms with Gasteiger partial charge in [-0.05, 0) is 12.8 Å². The van der Waals surface area contributed by atoms with Crippen LogP contribution < -0.4 is 0 Å². The fraction of sp³-hybridized carbons (Fsp3) is 0.750. The second-order valence-electron chi connectivity index (χ2n) is 3.14. The smallest absolute Gasteiger partial charge is 0.267 e. The maximum absolute atomic E-state index is 11.0. The Bertz CT molecular complexity index is 203. The lowest BCUT2D eigenvalue weighted by molar-refractivity contribution is -0.128. The summed E-state index contributed by atoms with van der Waals surface area (Å²) in [5.74, 6) is -0.944. The highest BCUT2D eigenvalue weighted by atomic mass is 16.2. The van der Waals surface area contributed by atoms with Gasteiger partial charge in [-0.2, -0.15) is 0 Å². The number of nitrogens with one attached hydrogen (secondary N) is 1. The average Bonchev–Trinajstić information content (AvgIpc) is 2.16. The van der Waals surface area contributed by atoms with Crippen LogP contribution in [0.15, 0.2) is 5.11 Å². The number of carbonyl (C=O) groups is 2. The molecule has 1 saturated carbocycles. The topological polar surface area (TPSA) is 70.3 Å². The van der Waals surface area contributed by atoms with Crippen molar-refractivity contribution in [3.8, 4) is 0 Å². The Kier molecular flexibility index (Phi) is 3.08. The van der Waals surface area contributed by atoms with E-state index in [1.54, 1.807) is 0 Å². The van der Waals surface area contributed by atoms with Crippen molar-refractivity contribution in [3.63, 3.8) is 0 Å². The number of amides is 1. The van der Waals surface area contributed by atoms with E-state index in [9.17, 15) is 9.59 Å². The van der Waals surface area contributed by atoms with Crippen molar-refractivity contribution in [2.75, 3.05) is 0 Å². The molecule has 1 amide bonds. The minimum atomic E-state index is -0.438. The van der Waals surface area contributed by atoms with E-state index in [2.05, 4.69) is 5.11 Å². The van der Waals surface area contributed by atoms with Gasteiger partial charge in [0, 0.05) is 5.92 Å². The van der Waals surface area contributed by atoms with Gasteiger partial charge in [0.25, 0.3) is 5.91 Å². The number of aldehydes is 1. The van der Waals surface area contributed by atoms with Crippen molar-refractivity contribution in [1.29, 1.82) is 5.53 Å². The third-order valence-corrected chi connectivity index (χ3v) is 2.42. The zero-order valence-corrected chi connectivity index (χ0v) is 6.82. The largest absolute Gasteiger partial charge is 0.303 e. The van der Waals surface area contributed by atoms with Crippen LogP contribution in [0.25, 0.3) is 0 Å².